The van der Waals surface area contributed by atoms with Crippen molar-refractivity contribution in [2.75, 3.05) is 13.1 Å². The lowest BCUT2D eigenvalue weighted by atomic mass is 9.75. The van der Waals surface area contributed by atoms with E-state index >= 15 is 0 Å². The van der Waals surface area contributed by atoms with Gasteiger partial charge in [0.05, 0.1) is 5.41 Å². The third-order valence-electron chi connectivity index (χ3n) is 4.99. The molecule has 0 radical (unpaired) electrons. The number of rotatable bonds is 2. The summed E-state index contributed by atoms with van der Waals surface area (Å²) in [7, 11) is -4.67. The van der Waals surface area contributed by atoms with Crippen LogP contribution in [0, 0.1) is 0 Å². The van der Waals surface area contributed by atoms with Gasteiger partial charge in [-0.15, -0.1) is 0 Å². The van der Waals surface area contributed by atoms with E-state index in [1.165, 1.54) is 0 Å². The van der Waals surface area contributed by atoms with Crippen molar-refractivity contribution in [1.82, 2.24) is 10.6 Å². The minimum Gasteiger partial charge on any atom is -0.314 e. The van der Waals surface area contributed by atoms with E-state index in [0.29, 0.717) is 19.4 Å². The fourth-order valence-corrected chi connectivity index (χ4v) is 3.37. The lowest BCUT2D eigenvalue weighted by Gasteiger charge is -2.33. The van der Waals surface area contributed by atoms with Crippen molar-refractivity contribution >= 4 is 22.2 Å². The van der Waals surface area contributed by atoms with Crippen LogP contribution in [-0.4, -0.2) is 48.6 Å². The first-order chi connectivity index (χ1) is 12.5. The lowest BCUT2D eigenvalue weighted by molar-refractivity contribution is -0.137. The first kappa shape index (κ1) is 21.4. The highest BCUT2D eigenvalue weighted by Crippen LogP contribution is 2.34. The maximum absolute atomic E-state index is 14.0. The summed E-state index contributed by atoms with van der Waals surface area (Å²) in [5.41, 5.74) is 1.18. The first-order valence-electron chi connectivity index (χ1n) is 8.50. The zero-order valence-corrected chi connectivity index (χ0v) is 15.6. The number of hydrogen-bond donors (Lipinski definition) is 4. The van der Waals surface area contributed by atoms with Gasteiger partial charge < -0.3 is 5.32 Å². The van der Waals surface area contributed by atoms with Gasteiger partial charge in [-0.25, -0.2) is 4.39 Å². The molecule has 4 N–H and O–H groups in total. The van der Waals surface area contributed by atoms with Crippen molar-refractivity contribution in [2.24, 2.45) is 0 Å². The Morgan fingerprint density at radius 1 is 1.19 bits per heavy atom. The van der Waals surface area contributed by atoms with Gasteiger partial charge in [-0.1, -0.05) is 24.3 Å². The SMILES string of the molecule is C[C@]1(c2ccc(C3CCNCC3F)cc2)CCC(=O)NC1=O.O=S(=O)(O)O. The van der Waals surface area contributed by atoms with Gasteiger partial charge in [0.2, 0.25) is 11.8 Å². The van der Waals surface area contributed by atoms with Crippen molar-refractivity contribution < 1.29 is 31.5 Å². The van der Waals surface area contributed by atoms with Gasteiger partial charge in [0.25, 0.3) is 0 Å². The van der Waals surface area contributed by atoms with Gasteiger partial charge in [0, 0.05) is 18.9 Å². The number of alkyl halides is 1. The fraction of sp³-hybridized carbons (Fsp3) is 0.529. The van der Waals surface area contributed by atoms with Crippen molar-refractivity contribution in [1.29, 1.82) is 0 Å². The van der Waals surface area contributed by atoms with Crippen LogP contribution >= 0.6 is 0 Å². The van der Waals surface area contributed by atoms with Crippen molar-refractivity contribution in [3.05, 3.63) is 35.4 Å². The van der Waals surface area contributed by atoms with E-state index in [0.717, 1.165) is 24.1 Å². The molecule has 27 heavy (non-hydrogen) atoms. The summed E-state index contributed by atoms with van der Waals surface area (Å²) in [5, 5.41) is 5.46. The van der Waals surface area contributed by atoms with Crippen LogP contribution in [0.3, 0.4) is 0 Å². The van der Waals surface area contributed by atoms with Gasteiger partial charge in [-0.3, -0.25) is 24.0 Å². The van der Waals surface area contributed by atoms with Crippen LogP contribution < -0.4 is 10.6 Å². The van der Waals surface area contributed by atoms with Gasteiger partial charge in [0.1, 0.15) is 6.17 Å². The molecule has 2 unspecified atom stereocenters. The Kier molecular flexibility index (Phi) is 6.68. The molecular weight excluding hydrogens is 379 g/mol. The molecule has 0 aromatic heterocycles. The van der Waals surface area contributed by atoms with Crippen LogP contribution in [0.15, 0.2) is 24.3 Å². The summed E-state index contributed by atoms with van der Waals surface area (Å²) in [6.07, 6.45) is 0.777. The second kappa shape index (κ2) is 8.42. The number of amides is 2. The third-order valence-corrected chi connectivity index (χ3v) is 4.99. The second-order valence-corrected chi connectivity index (χ2v) is 7.79. The molecule has 8 nitrogen and oxygen atoms in total. The van der Waals surface area contributed by atoms with E-state index in [1.807, 2.05) is 31.2 Å². The van der Waals surface area contributed by atoms with Crippen LogP contribution in [0.4, 0.5) is 4.39 Å². The second-order valence-electron chi connectivity index (χ2n) is 6.89. The van der Waals surface area contributed by atoms with E-state index in [2.05, 4.69) is 10.6 Å². The Bertz CT molecular complexity index is 790. The third kappa shape index (κ3) is 5.80. The Balaban J connectivity index is 0.000000465. The predicted octanol–water partition coefficient (Wildman–Crippen LogP) is 1.14. The van der Waals surface area contributed by atoms with Crippen molar-refractivity contribution in [3.63, 3.8) is 0 Å². The molecule has 2 amide bonds. The summed E-state index contributed by atoms with van der Waals surface area (Å²) >= 11 is 0. The zero-order chi connectivity index (χ0) is 20.2. The molecule has 0 saturated carbocycles. The average molecular weight is 402 g/mol. The number of benzene rings is 1. The molecule has 2 saturated heterocycles. The Hall–Kier alpha value is -1.88. The monoisotopic (exact) mass is 402 g/mol. The van der Waals surface area contributed by atoms with Gasteiger partial charge in [0.15, 0.2) is 0 Å². The smallest absolute Gasteiger partial charge is 0.314 e. The van der Waals surface area contributed by atoms with E-state index in [1.54, 1.807) is 0 Å². The summed E-state index contributed by atoms with van der Waals surface area (Å²) in [5.74, 6) is -0.541. The number of carbonyl (C=O) groups is 2. The highest BCUT2D eigenvalue weighted by atomic mass is 32.3. The number of piperidine rings is 2. The number of hydrogen-bond acceptors (Lipinski definition) is 5. The Morgan fingerprint density at radius 2 is 1.78 bits per heavy atom. The zero-order valence-electron chi connectivity index (χ0n) is 14.8. The summed E-state index contributed by atoms with van der Waals surface area (Å²) in [6, 6.07) is 7.65. The summed E-state index contributed by atoms with van der Waals surface area (Å²) < 4.78 is 45.6. The fourth-order valence-electron chi connectivity index (χ4n) is 3.37. The molecular formula is C17H23FN2O6S. The molecule has 2 aliphatic heterocycles. The maximum Gasteiger partial charge on any atom is 0.394 e. The summed E-state index contributed by atoms with van der Waals surface area (Å²) in [4.78, 5) is 23.5. The van der Waals surface area contributed by atoms with Crippen molar-refractivity contribution in [3.8, 4) is 0 Å². The predicted molar refractivity (Wildman–Crippen MR) is 95.5 cm³/mol. The van der Waals surface area contributed by atoms with E-state index in [4.69, 9.17) is 17.5 Å². The standard InChI is InChI=1S/C17H21FN2O2.H2O4S/c1-17(8-6-15(21)20-16(17)22)12-4-2-11(3-5-12)13-7-9-19-10-14(13)18;1-5(2,3)4/h2-5,13-14,19H,6-10H2,1H3,(H,20,21,22);(H2,1,2,3,4)/t13?,14?,17-;/m1./s1. The largest absolute Gasteiger partial charge is 0.394 e. The lowest BCUT2D eigenvalue weighted by Crippen LogP contribution is -2.49. The Labute approximate surface area is 157 Å². The highest BCUT2D eigenvalue weighted by molar-refractivity contribution is 7.79. The minimum atomic E-state index is -4.67. The molecule has 3 rings (SSSR count). The molecule has 1 aromatic rings. The molecule has 10 heteroatoms. The molecule has 0 spiro atoms. The topological polar surface area (TPSA) is 133 Å². The molecule has 0 aliphatic carbocycles. The van der Waals surface area contributed by atoms with Crippen LogP contribution in [0.2, 0.25) is 0 Å². The van der Waals surface area contributed by atoms with Gasteiger partial charge in [-0.2, -0.15) is 8.42 Å². The maximum atomic E-state index is 14.0. The molecule has 150 valence electrons. The molecule has 3 atom stereocenters. The summed E-state index contributed by atoms with van der Waals surface area (Å²) in [6.45, 7) is 3.08. The van der Waals surface area contributed by atoms with Crippen LogP contribution in [0.1, 0.15) is 43.2 Å². The normalized spacial score (nSPS) is 28.7. The number of nitrogens with one attached hydrogen (secondary N) is 2. The number of imide groups is 1. The highest BCUT2D eigenvalue weighted by Gasteiger charge is 2.40. The van der Waals surface area contributed by atoms with Gasteiger partial charge in [-0.05, 0) is 37.4 Å². The van der Waals surface area contributed by atoms with Crippen LogP contribution in [0.25, 0.3) is 0 Å². The van der Waals surface area contributed by atoms with E-state index < -0.39 is 22.0 Å². The van der Waals surface area contributed by atoms with E-state index in [9.17, 15) is 14.0 Å². The molecule has 0 bridgehead atoms. The minimum absolute atomic E-state index is 0.0788. The van der Waals surface area contributed by atoms with Gasteiger partial charge >= 0.3 is 10.4 Å². The van der Waals surface area contributed by atoms with E-state index in [-0.39, 0.29) is 17.7 Å². The Morgan fingerprint density at radius 3 is 2.30 bits per heavy atom. The number of halogens is 1. The molecule has 2 aliphatic rings. The van der Waals surface area contributed by atoms with Crippen LogP contribution in [-0.2, 0) is 25.4 Å². The van der Waals surface area contributed by atoms with Crippen LogP contribution in [0.5, 0.6) is 0 Å². The molecule has 2 fully saturated rings. The quantitative estimate of drug-likeness (QED) is 0.431. The van der Waals surface area contributed by atoms with Crippen molar-refractivity contribution in [2.45, 2.75) is 43.7 Å². The first-order valence-corrected chi connectivity index (χ1v) is 9.90. The number of carbonyl (C=O) groups excluding carboxylic acids is 2. The average Bonchev–Trinajstić information content (AvgIpc) is 2.58. The molecule has 1 aromatic carbocycles. The molecule has 2 heterocycles.